The molecule has 1 aliphatic rings. The Kier molecular flexibility index (Phi) is 4.47. The van der Waals surface area contributed by atoms with Crippen molar-refractivity contribution in [3.63, 3.8) is 0 Å². The van der Waals surface area contributed by atoms with Crippen LogP contribution >= 0.6 is 0 Å². The molecular weight excluding hydrogens is 232 g/mol. The van der Waals surface area contributed by atoms with E-state index in [0.717, 1.165) is 18.4 Å². The number of carbonyl (C=O) groups excluding carboxylic acids is 1. The summed E-state index contributed by atoms with van der Waals surface area (Å²) in [5, 5.41) is 9.64. The van der Waals surface area contributed by atoms with Gasteiger partial charge >= 0.3 is 0 Å². The number of hydrogen-bond donors (Lipinski definition) is 1. The van der Waals surface area contributed by atoms with E-state index in [1.54, 1.807) is 6.07 Å². The molecule has 4 nitrogen and oxygen atoms in total. The van der Waals surface area contributed by atoms with E-state index in [2.05, 4.69) is 6.92 Å². The Bertz CT molecular complexity index is 412. The van der Waals surface area contributed by atoms with Gasteiger partial charge in [-0.1, -0.05) is 31.5 Å². The summed E-state index contributed by atoms with van der Waals surface area (Å²) in [5.74, 6) is -0.395. The molecule has 1 saturated heterocycles. The molecule has 2 atom stereocenters. The summed E-state index contributed by atoms with van der Waals surface area (Å²) in [6.45, 7) is 3.00. The number of aliphatic hydroxyl groups excluding tert-OH is 1. The van der Waals surface area contributed by atoms with Gasteiger partial charge in [0.05, 0.1) is 13.2 Å². The maximum atomic E-state index is 11.9. The molecule has 18 heavy (non-hydrogen) atoms. The number of ether oxygens (including phenoxy) is 2. The lowest BCUT2D eigenvalue weighted by Crippen LogP contribution is -2.25. The van der Waals surface area contributed by atoms with Crippen molar-refractivity contribution in [1.29, 1.82) is 0 Å². The summed E-state index contributed by atoms with van der Waals surface area (Å²) < 4.78 is 10.0. The van der Waals surface area contributed by atoms with Gasteiger partial charge in [-0.15, -0.1) is 0 Å². The monoisotopic (exact) mass is 250 g/mol. The molecule has 4 heteroatoms. The van der Waals surface area contributed by atoms with Crippen molar-refractivity contribution in [3.8, 4) is 0 Å². The van der Waals surface area contributed by atoms with Crippen LogP contribution in [-0.2, 0) is 15.9 Å². The minimum absolute atomic E-state index is 0.0406. The van der Waals surface area contributed by atoms with E-state index in [1.807, 2.05) is 18.2 Å². The van der Waals surface area contributed by atoms with Gasteiger partial charge in [-0.25, -0.2) is 0 Å². The second-order valence-electron chi connectivity index (χ2n) is 4.46. The van der Waals surface area contributed by atoms with Crippen molar-refractivity contribution in [2.45, 2.75) is 32.2 Å². The zero-order valence-electron chi connectivity index (χ0n) is 10.5. The van der Waals surface area contributed by atoms with Crippen LogP contribution in [0.5, 0.6) is 0 Å². The van der Waals surface area contributed by atoms with Crippen molar-refractivity contribution >= 4 is 5.78 Å². The van der Waals surface area contributed by atoms with E-state index in [-0.39, 0.29) is 12.7 Å². The number of Topliss-reactive ketones (excluding diaryl/α,β-unsaturated/α-hetero) is 1. The van der Waals surface area contributed by atoms with E-state index in [4.69, 9.17) is 9.47 Å². The van der Waals surface area contributed by atoms with E-state index in [9.17, 15) is 9.90 Å². The first-order valence-electron chi connectivity index (χ1n) is 6.25. The van der Waals surface area contributed by atoms with Crippen LogP contribution in [0.2, 0.25) is 0 Å². The van der Waals surface area contributed by atoms with E-state index < -0.39 is 12.1 Å². The minimum Gasteiger partial charge on any atom is -0.371 e. The van der Waals surface area contributed by atoms with Gasteiger partial charge in [0.2, 0.25) is 12.1 Å². The highest BCUT2D eigenvalue weighted by atomic mass is 16.6. The molecular formula is C14H18O4. The van der Waals surface area contributed by atoms with Crippen molar-refractivity contribution in [3.05, 3.63) is 35.4 Å². The molecule has 0 spiro atoms. The molecule has 1 N–H and O–H groups in total. The predicted octanol–water partition coefficient (Wildman–Crippen LogP) is 1.56. The third-order valence-corrected chi connectivity index (χ3v) is 2.82. The number of aryl methyl sites for hydroxylation is 1. The predicted molar refractivity (Wildman–Crippen MR) is 66.5 cm³/mol. The first-order chi connectivity index (χ1) is 8.70. The van der Waals surface area contributed by atoms with Gasteiger partial charge < -0.3 is 14.6 Å². The zero-order chi connectivity index (χ0) is 13.0. The fraction of sp³-hybridized carbons (Fsp3) is 0.500. The molecule has 1 fully saturated rings. The lowest BCUT2D eigenvalue weighted by atomic mass is 10.0. The molecule has 2 rings (SSSR count). The maximum absolute atomic E-state index is 11.9. The summed E-state index contributed by atoms with van der Waals surface area (Å²) in [5.41, 5.74) is 1.59. The number of rotatable bonds is 7. The Morgan fingerprint density at radius 2 is 2.39 bits per heavy atom. The first-order valence-corrected chi connectivity index (χ1v) is 6.25. The molecule has 2 unspecified atom stereocenters. The third-order valence-electron chi connectivity index (χ3n) is 2.82. The number of hydrogen-bond acceptors (Lipinski definition) is 4. The third kappa shape index (κ3) is 3.63. The number of carbonyl (C=O) groups is 1. The molecule has 0 aromatic heterocycles. The molecule has 1 aromatic carbocycles. The standard InChI is InChI=1S/C14H18O4/c1-2-4-10-5-3-6-11(7-10)13(15)14(16)18-9-12-8-17-12/h3,5-7,12,14,16H,2,4,8-9H2,1H3. The number of aliphatic hydroxyl groups is 1. The van der Waals surface area contributed by atoms with Gasteiger partial charge in [0.15, 0.2) is 0 Å². The van der Waals surface area contributed by atoms with Crippen LogP contribution in [0.15, 0.2) is 24.3 Å². The summed E-state index contributed by atoms with van der Waals surface area (Å²) in [4.78, 5) is 11.9. The first kappa shape index (κ1) is 13.2. The minimum atomic E-state index is -1.40. The van der Waals surface area contributed by atoms with Gasteiger partial charge in [-0.3, -0.25) is 4.79 Å². The van der Waals surface area contributed by atoms with E-state index >= 15 is 0 Å². The van der Waals surface area contributed by atoms with Gasteiger partial charge in [-0.2, -0.15) is 0 Å². The van der Waals surface area contributed by atoms with Crippen LogP contribution in [0.1, 0.15) is 29.3 Å². The smallest absolute Gasteiger partial charge is 0.220 e. The molecule has 0 amide bonds. The molecule has 0 bridgehead atoms. The van der Waals surface area contributed by atoms with E-state index in [0.29, 0.717) is 12.2 Å². The van der Waals surface area contributed by atoms with Crippen LogP contribution in [0, 0.1) is 0 Å². The number of ketones is 1. The fourth-order valence-corrected chi connectivity index (χ4v) is 1.75. The topological polar surface area (TPSA) is 59.1 Å². The van der Waals surface area contributed by atoms with Crippen LogP contribution < -0.4 is 0 Å². The van der Waals surface area contributed by atoms with E-state index in [1.165, 1.54) is 0 Å². The highest BCUT2D eigenvalue weighted by Gasteiger charge is 2.26. The van der Waals surface area contributed by atoms with Crippen molar-refractivity contribution in [1.82, 2.24) is 0 Å². The van der Waals surface area contributed by atoms with Crippen LogP contribution in [0.25, 0.3) is 0 Å². The normalized spacial score (nSPS) is 19.6. The van der Waals surface area contributed by atoms with Crippen LogP contribution in [0.4, 0.5) is 0 Å². The number of benzene rings is 1. The molecule has 98 valence electrons. The molecule has 0 radical (unpaired) electrons. The van der Waals surface area contributed by atoms with Gasteiger partial charge in [0.1, 0.15) is 6.10 Å². The average molecular weight is 250 g/mol. The Balaban J connectivity index is 1.95. The van der Waals surface area contributed by atoms with Gasteiger partial charge in [0, 0.05) is 5.56 Å². The van der Waals surface area contributed by atoms with Crippen molar-refractivity contribution in [2.24, 2.45) is 0 Å². The summed E-state index contributed by atoms with van der Waals surface area (Å²) >= 11 is 0. The molecule has 0 saturated carbocycles. The molecule has 0 aliphatic carbocycles. The number of epoxide rings is 1. The Morgan fingerprint density at radius 1 is 1.61 bits per heavy atom. The highest BCUT2D eigenvalue weighted by molar-refractivity contribution is 5.98. The zero-order valence-corrected chi connectivity index (χ0v) is 10.5. The fourth-order valence-electron chi connectivity index (χ4n) is 1.75. The highest BCUT2D eigenvalue weighted by Crippen LogP contribution is 2.13. The summed E-state index contributed by atoms with van der Waals surface area (Å²) in [6.07, 6.45) is 0.592. The van der Waals surface area contributed by atoms with Crippen molar-refractivity contribution in [2.75, 3.05) is 13.2 Å². The Hall–Kier alpha value is -1.23. The Labute approximate surface area is 107 Å². The summed E-state index contributed by atoms with van der Waals surface area (Å²) in [6, 6.07) is 7.31. The lowest BCUT2D eigenvalue weighted by Gasteiger charge is -2.10. The Morgan fingerprint density at radius 3 is 3.06 bits per heavy atom. The van der Waals surface area contributed by atoms with Crippen LogP contribution in [-0.4, -0.2) is 36.5 Å². The van der Waals surface area contributed by atoms with Gasteiger partial charge in [-0.05, 0) is 18.1 Å². The molecule has 1 heterocycles. The SMILES string of the molecule is CCCc1cccc(C(=O)C(O)OCC2CO2)c1. The van der Waals surface area contributed by atoms with Crippen molar-refractivity contribution < 1.29 is 19.4 Å². The lowest BCUT2D eigenvalue weighted by molar-refractivity contribution is -0.0756. The quantitative estimate of drug-likeness (QED) is 0.453. The van der Waals surface area contributed by atoms with Gasteiger partial charge in [0.25, 0.3) is 0 Å². The second kappa shape index (κ2) is 6.09. The largest absolute Gasteiger partial charge is 0.371 e. The molecule has 1 aliphatic heterocycles. The summed E-state index contributed by atoms with van der Waals surface area (Å²) in [7, 11) is 0. The average Bonchev–Trinajstić information content (AvgIpc) is 3.20. The van der Waals surface area contributed by atoms with Crippen LogP contribution in [0.3, 0.4) is 0 Å². The second-order valence-corrected chi connectivity index (χ2v) is 4.46. The maximum Gasteiger partial charge on any atom is 0.220 e. The molecule has 1 aromatic rings.